The number of methoxy groups -OCH3 is 2. The van der Waals surface area contributed by atoms with E-state index in [0.29, 0.717) is 22.8 Å². The van der Waals surface area contributed by atoms with Gasteiger partial charge in [-0.05, 0) is 17.7 Å². The molecule has 0 saturated heterocycles. The van der Waals surface area contributed by atoms with E-state index in [9.17, 15) is 9.59 Å². The summed E-state index contributed by atoms with van der Waals surface area (Å²) in [5.74, 6) is 0.488. The Morgan fingerprint density at radius 2 is 1.94 bits per heavy atom. The summed E-state index contributed by atoms with van der Waals surface area (Å²) in [6, 6.07) is 13.6. The van der Waals surface area contributed by atoms with Gasteiger partial charge in [0.25, 0.3) is 5.91 Å². The van der Waals surface area contributed by atoms with Crippen molar-refractivity contribution in [2.75, 3.05) is 14.2 Å². The molecule has 0 bridgehead atoms. The first-order valence-electron chi connectivity index (χ1n) is 10.1. The number of para-hydroxylation sites is 1. The molecule has 2 amide bonds. The first kappa shape index (κ1) is 23.3. The number of H-pyrrole nitrogens is 1. The Kier molecular flexibility index (Phi) is 8.41. The van der Waals surface area contributed by atoms with Crippen LogP contribution in [0, 0.1) is 0 Å². The zero-order chi connectivity index (χ0) is 23.5. The molecule has 0 fully saturated rings. The van der Waals surface area contributed by atoms with Crippen LogP contribution in [-0.4, -0.2) is 48.4 Å². The number of benzene rings is 2. The number of carbonyl (C=O) groups is 2. The molecular weight excluding hydrogens is 426 g/mol. The van der Waals surface area contributed by atoms with Gasteiger partial charge in [-0.1, -0.05) is 36.4 Å². The van der Waals surface area contributed by atoms with Crippen molar-refractivity contribution in [2.24, 2.45) is 5.10 Å². The summed E-state index contributed by atoms with van der Waals surface area (Å²) in [7, 11) is 3.04. The quantitative estimate of drug-likeness (QED) is 0.321. The van der Waals surface area contributed by atoms with Crippen LogP contribution < -0.4 is 20.2 Å². The smallest absolute Gasteiger partial charge is 0.408 e. The summed E-state index contributed by atoms with van der Waals surface area (Å²) in [5, 5.41) is 6.57. The monoisotopic (exact) mass is 451 g/mol. The van der Waals surface area contributed by atoms with Crippen molar-refractivity contribution in [1.29, 1.82) is 0 Å². The van der Waals surface area contributed by atoms with Crippen LogP contribution in [-0.2, 0) is 22.6 Å². The van der Waals surface area contributed by atoms with Gasteiger partial charge in [0, 0.05) is 23.9 Å². The van der Waals surface area contributed by atoms with Gasteiger partial charge in [0.2, 0.25) is 0 Å². The highest BCUT2D eigenvalue weighted by atomic mass is 16.5. The Hall–Kier alpha value is -4.34. The second kappa shape index (κ2) is 11.9. The minimum absolute atomic E-state index is 0.0822. The van der Waals surface area contributed by atoms with Gasteiger partial charge in [0.15, 0.2) is 11.5 Å². The Labute approximate surface area is 191 Å². The van der Waals surface area contributed by atoms with Crippen molar-refractivity contribution in [3.05, 3.63) is 77.9 Å². The second-order valence-electron chi connectivity index (χ2n) is 6.86. The minimum atomic E-state index is -0.946. The molecule has 0 saturated carbocycles. The standard InChI is InChI=1S/C23H25N5O5/c1-31-20-10-6-9-17(21(20)32-2)12-26-28-22(29)19(11-18-13-24-15-25-18)27-23(30)33-14-16-7-4-3-5-8-16/h3-10,12-13,15,19H,11,14H2,1-2H3,(H,24,25)(H,27,30)(H,28,29)/b26-12-/t19-/m1/s1. The number of aromatic amines is 1. The lowest BCUT2D eigenvalue weighted by Crippen LogP contribution is -2.47. The molecule has 3 N–H and O–H groups in total. The lowest BCUT2D eigenvalue weighted by molar-refractivity contribution is -0.123. The highest BCUT2D eigenvalue weighted by Gasteiger charge is 2.22. The summed E-state index contributed by atoms with van der Waals surface area (Å²) in [6.07, 6.45) is 3.94. The molecule has 2 aromatic carbocycles. The maximum Gasteiger partial charge on any atom is 0.408 e. The number of carbonyl (C=O) groups excluding carboxylic acids is 2. The fourth-order valence-electron chi connectivity index (χ4n) is 2.99. The predicted octanol–water partition coefficient (Wildman–Crippen LogP) is 2.41. The zero-order valence-corrected chi connectivity index (χ0v) is 18.3. The van der Waals surface area contributed by atoms with Crippen LogP contribution in [0.4, 0.5) is 4.79 Å². The Balaban J connectivity index is 1.64. The average molecular weight is 451 g/mol. The van der Waals surface area contributed by atoms with Crippen LogP contribution >= 0.6 is 0 Å². The van der Waals surface area contributed by atoms with Crippen LogP contribution in [0.15, 0.2) is 66.2 Å². The lowest BCUT2D eigenvalue weighted by atomic mass is 10.1. The Morgan fingerprint density at radius 1 is 1.12 bits per heavy atom. The van der Waals surface area contributed by atoms with Crippen LogP contribution in [0.2, 0.25) is 0 Å². The van der Waals surface area contributed by atoms with Crippen molar-refractivity contribution in [1.82, 2.24) is 20.7 Å². The Bertz CT molecular complexity index is 1070. The molecule has 1 atom stereocenters. The van der Waals surface area contributed by atoms with E-state index in [1.807, 2.05) is 30.3 Å². The van der Waals surface area contributed by atoms with E-state index in [-0.39, 0.29) is 13.0 Å². The van der Waals surface area contributed by atoms with Gasteiger partial charge in [0.1, 0.15) is 12.6 Å². The molecule has 33 heavy (non-hydrogen) atoms. The molecule has 0 spiro atoms. The van der Waals surface area contributed by atoms with Gasteiger partial charge in [-0.15, -0.1) is 0 Å². The predicted molar refractivity (Wildman–Crippen MR) is 121 cm³/mol. The number of alkyl carbamates (subject to hydrolysis) is 1. The van der Waals surface area contributed by atoms with E-state index >= 15 is 0 Å². The highest BCUT2D eigenvalue weighted by molar-refractivity contribution is 5.89. The zero-order valence-electron chi connectivity index (χ0n) is 18.3. The van der Waals surface area contributed by atoms with Crippen LogP contribution in [0.3, 0.4) is 0 Å². The van der Waals surface area contributed by atoms with E-state index < -0.39 is 18.0 Å². The fourth-order valence-corrected chi connectivity index (χ4v) is 2.99. The van der Waals surface area contributed by atoms with Crippen molar-refractivity contribution < 1.29 is 23.8 Å². The molecule has 0 unspecified atom stereocenters. The molecule has 0 aliphatic carbocycles. The van der Waals surface area contributed by atoms with Crippen LogP contribution in [0.1, 0.15) is 16.8 Å². The normalized spacial score (nSPS) is 11.6. The summed E-state index contributed by atoms with van der Waals surface area (Å²) in [6.45, 7) is 0.0822. The number of hydrogen-bond donors (Lipinski definition) is 3. The highest BCUT2D eigenvalue weighted by Crippen LogP contribution is 2.29. The number of imidazole rings is 1. The number of rotatable bonds is 10. The number of ether oxygens (including phenoxy) is 3. The first-order valence-corrected chi connectivity index (χ1v) is 10.1. The third-order valence-corrected chi connectivity index (χ3v) is 4.61. The van der Waals surface area contributed by atoms with E-state index in [0.717, 1.165) is 5.56 Å². The summed E-state index contributed by atoms with van der Waals surface area (Å²) in [5.41, 5.74) is 4.55. The van der Waals surface area contributed by atoms with Gasteiger partial charge in [-0.25, -0.2) is 15.2 Å². The van der Waals surface area contributed by atoms with E-state index in [2.05, 4.69) is 25.8 Å². The number of nitrogens with zero attached hydrogens (tertiary/aromatic N) is 2. The maximum atomic E-state index is 12.8. The van der Waals surface area contributed by atoms with Crippen LogP contribution in [0.5, 0.6) is 11.5 Å². The summed E-state index contributed by atoms with van der Waals surface area (Å²) in [4.78, 5) is 31.9. The largest absolute Gasteiger partial charge is 0.493 e. The molecule has 3 rings (SSSR count). The molecule has 0 radical (unpaired) electrons. The third kappa shape index (κ3) is 6.82. The molecule has 10 nitrogen and oxygen atoms in total. The van der Waals surface area contributed by atoms with Crippen molar-refractivity contribution in [3.63, 3.8) is 0 Å². The summed E-state index contributed by atoms with van der Waals surface area (Å²) >= 11 is 0. The molecule has 1 aromatic heterocycles. The lowest BCUT2D eigenvalue weighted by Gasteiger charge is -2.16. The van der Waals surface area contributed by atoms with Gasteiger partial charge in [-0.3, -0.25) is 4.79 Å². The number of hydrogen-bond acceptors (Lipinski definition) is 7. The summed E-state index contributed by atoms with van der Waals surface area (Å²) < 4.78 is 15.8. The van der Waals surface area contributed by atoms with E-state index in [1.165, 1.54) is 26.8 Å². The molecule has 1 heterocycles. The van der Waals surface area contributed by atoms with Gasteiger partial charge in [-0.2, -0.15) is 5.10 Å². The molecule has 10 heteroatoms. The molecular formula is C23H25N5O5. The molecule has 0 aliphatic rings. The fraction of sp³-hybridized carbons (Fsp3) is 0.217. The van der Waals surface area contributed by atoms with Crippen molar-refractivity contribution in [2.45, 2.75) is 19.1 Å². The second-order valence-corrected chi connectivity index (χ2v) is 6.86. The first-order chi connectivity index (χ1) is 16.1. The molecule has 0 aliphatic heterocycles. The molecule has 172 valence electrons. The minimum Gasteiger partial charge on any atom is -0.493 e. The van der Waals surface area contributed by atoms with Crippen molar-refractivity contribution >= 4 is 18.2 Å². The number of amides is 2. The number of hydrazone groups is 1. The van der Waals surface area contributed by atoms with E-state index in [4.69, 9.17) is 14.2 Å². The van der Waals surface area contributed by atoms with Gasteiger partial charge < -0.3 is 24.5 Å². The maximum absolute atomic E-state index is 12.8. The third-order valence-electron chi connectivity index (χ3n) is 4.61. The Morgan fingerprint density at radius 3 is 2.64 bits per heavy atom. The SMILES string of the molecule is COc1cccc(/C=N\NC(=O)[C@@H](Cc2cnc[nH]2)NC(=O)OCc2ccccc2)c1OC. The van der Waals surface area contributed by atoms with Gasteiger partial charge in [0.05, 0.1) is 26.8 Å². The number of aromatic nitrogens is 2. The molecule has 3 aromatic rings. The topological polar surface area (TPSA) is 127 Å². The van der Waals surface area contributed by atoms with Crippen LogP contribution in [0.25, 0.3) is 0 Å². The number of nitrogens with one attached hydrogen (secondary N) is 3. The van der Waals surface area contributed by atoms with E-state index in [1.54, 1.807) is 24.4 Å². The average Bonchev–Trinajstić information content (AvgIpc) is 3.36. The van der Waals surface area contributed by atoms with Gasteiger partial charge >= 0.3 is 6.09 Å². The van der Waals surface area contributed by atoms with Crippen molar-refractivity contribution in [3.8, 4) is 11.5 Å².